The van der Waals surface area contributed by atoms with Gasteiger partial charge in [-0.2, -0.15) is 0 Å². The van der Waals surface area contributed by atoms with Crippen molar-refractivity contribution in [1.82, 2.24) is 5.32 Å². The van der Waals surface area contributed by atoms with E-state index in [1.807, 2.05) is 6.07 Å². The lowest BCUT2D eigenvalue weighted by atomic mass is 10.0. The molecule has 0 fully saturated rings. The Labute approximate surface area is 115 Å². The summed E-state index contributed by atoms with van der Waals surface area (Å²) in [5, 5.41) is 3.44. The Morgan fingerprint density at radius 3 is 2.16 bits per heavy atom. The van der Waals surface area contributed by atoms with Crippen LogP contribution in [0.25, 0.3) is 11.1 Å². The fourth-order valence-corrected chi connectivity index (χ4v) is 2.07. The average Bonchev–Trinajstić information content (AvgIpc) is 2.49. The zero-order chi connectivity index (χ0) is 13.3. The number of nitrogens with one attached hydrogen (secondary N) is 1. The van der Waals surface area contributed by atoms with Crippen molar-refractivity contribution < 1.29 is 0 Å². The number of benzene rings is 2. The number of nitrogens with two attached hydrogens (primary N) is 1. The summed E-state index contributed by atoms with van der Waals surface area (Å²) >= 11 is 0. The molecular formula is C17H22N2. The van der Waals surface area contributed by atoms with Crippen molar-refractivity contribution in [1.29, 1.82) is 0 Å². The normalized spacial score (nSPS) is 10.6. The minimum Gasteiger partial charge on any atom is -0.330 e. The summed E-state index contributed by atoms with van der Waals surface area (Å²) in [5.74, 6) is 0. The molecule has 2 aromatic rings. The van der Waals surface area contributed by atoms with Crippen molar-refractivity contribution in [3.05, 3.63) is 60.2 Å². The molecule has 2 aromatic carbocycles. The van der Waals surface area contributed by atoms with Crippen LogP contribution in [0, 0.1) is 0 Å². The number of hydrogen-bond acceptors (Lipinski definition) is 2. The van der Waals surface area contributed by atoms with Gasteiger partial charge in [-0.15, -0.1) is 0 Å². The van der Waals surface area contributed by atoms with Gasteiger partial charge in [-0.1, -0.05) is 54.6 Å². The third-order valence-corrected chi connectivity index (χ3v) is 3.20. The van der Waals surface area contributed by atoms with Crippen LogP contribution in [0.3, 0.4) is 0 Å². The standard InChI is InChI=1S/C17H22N2/c18-12-4-5-13-19-14-15-8-10-17(11-9-15)16-6-2-1-3-7-16/h1-3,6-11,19H,4-5,12-14,18H2. The number of hydrogen-bond donors (Lipinski definition) is 2. The smallest absolute Gasteiger partial charge is 0.0205 e. The fourth-order valence-electron chi connectivity index (χ4n) is 2.07. The van der Waals surface area contributed by atoms with E-state index in [1.165, 1.54) is 16.7 Å². The highest BCUT2D eigenvalue weighted by Crippen LogP contribution is 2.19. The highest BCUT2D eigenvalue weighted by Gasteiger charge is 1.97. The van der Waals surface area contributed by atoms with Crippen molar-refractivity contribution in [2.45, 2.75) is 19.4 Å². The maximum atomic E-state index is 5.47. The molecule has 0 atom stereocenters. The van der Waals surface area contributed by atoms with Crippen LogP contribution >= 0.6 is 0 Å². The van der Waals surface area contributed by atoms with Gasteiger partial charge >= 0.3 is 0 Å². The van der Waals surface area contributed by atoms with Crippen molar-refractivity contribution >= 4 is 0 Å². The summed E-state index contributed by atoms with van der Waals surface area (Å²) in [4.78, 5) is 0. The molecule has 0 aliphatic carbocycles. The highest BCUT2D eigenvalue weighted by atomic mass is 14.8. The Bertz CT molecular complexity index is 462. The van der Waals surface area contributed by atoms with Gasteiger partial charge < -0.3 is 11.1 Å². The summed E-state index contributed by atoms with van der Waals surface area (Å²) in [6.07, 6.45) is 2.25. The molecule has 100 valence electrons. The van der Waals surface area contributed by atoms with Crippen molar-refractivity contribution in [3.63, 3.8) is 0 Å². The third kappa shape index (κ3) is 4.51. The van der Waals surface area contributed by atoms with E-state index in [1.54, 1.807) is 0 Å². The second-order valence-corrected chi connectivity index (χ2v) is 4.74. The molecule has 2 heteroatoms. The van der Waals surface area contributed by atoms with Crippen LogP contribution in [-0.4, -0.2) is 13.1 Å². The third-order valence-electron chi connectivity index (χ3n) is 3.20. The van der Waals surface area contributed by atoms with E-state index in [0.29, 0.717) is 0 Å². The molecule has 0 amide bonds. The zero-order valence-corrected chi connectivity index (χ0v) is 11.3. The van der Waals surface area contributed by atoms with Crippen LogP contribution < -0.4 is 11.1 Å². The van der Waals surface area contributed by atoms with Gasteiger partial charge in [0.1, 0.15) is 0 Å². The van der Waals surface area contributed by atoms with Gasteiger partial charge in [-0.05, 0) is 42.6 Å². The second-order valence-electron chi connectivity index (χ2n) is 4.74. The molecule has 0 radical (unpaired) electrons. The number of rotatable bonds is 7. The summed E-state index contributed by atoms with van der Waals surface area (Å²) in [7, 11) is 0. The maximum Gasteiger partial charge on any atom is 0.0205 e. The molecule has 0 saturated heterocycles. The van der Waals surface area contributed by atoms with Crippen molar-refractivity contribution in [2.24, 2.45) is 5.73 Å². The van der Waals surface area contributed by atoms with Crippen LogP contribution in [0.5, 0.6) is 0 Å². The molecular weight excluding hydrogens is 232 g/mol. The molecule has 19 heavy (non-hydrogen) atoms. The van der Waals surface area contributed by atoms with Crippen molar-refractivity contribution in [2.75, 3.05) is 13.1 Å². The van der Waals surface area contributed by atoms with Crippen LogP contribution in [0.15, 0.2) is 54.6 Å². The molecule has 0 unspecified atom stereocenters. The van der Waals surface area contributed by atoms with E-state index in [9.17, 15) is 0 Å². The Hall–Kier alpha value is -1.64. The Morgan fingerprint density at radius 1 is 0.789 bits per heavy atom. The van der Waals surface area contributed by atoms with Crippen LogP contribution in [0.1, 0.15) is 18.4 Å². The molecule has 0 bridgehead atoms. The maximum absolute atomic E-state index is 5.47. The van der Waals surface area contributed by atoms with E-state index in [4.69, 9.17) is 5.73 Å². The first kappa shape index (κ1) is 13.8. The minimum atomic E-state index is 0.785. The zero-order valence-electron chi connectivity index (χ0n) is 11.3. The van der Waals surface area contributed by atoms with Gasteiger partial charge in [0, 0.05) is 6.54 Å². The van der Waals surface area contributed by atoms with E-state index in [2.05, 4.69) is 53.8 Å². The number of unbranched alkanes of at least 4 members (excludes halogenated alkanes) is 1. The van der Waals surface area contributed by atoms with E-state index < -0.39 is 0 Å². The molecule has 3 N–H and O–H groups in total. The first-order chi connectivity index (χ1) is 9.40. The highest BCUT2D eigenvalue weighted by molar-refractivity contribution is 5.63. The van der Waals surface area contributed by atoms with Gasteiger partial charge in [-0.3, -0.25) is 0 Å². The van der Waals surface area contributed by atoms with E-state index in [-0.39, 0.29) is 0 Å². The average molecular weight is 254 g/mol. The van der Waals surface area contributed by atoms with Gasteiger partial charge in [0.2, 0.25) is 0 Å². The van der Waals surface area contributed by atoms with Crippen LogP contribution in [0.2, 0.25) is 0 Å². The molecule has 0 aliphatic heterocycles. The summed E-state index contributed by atoms with van der Waals surface area (Å²) in [5.41, 5.74) is 9.33. The lowest BCUT2D eigenvalue weighted by Crippen LogP contribution is -2.15. The largest absolute Gasteiger partial charge is 0.330 e. The van der Waals surface area contributed by atoms with E-state index in [0.717, 1.165) is 32.5 Å². The molecule has 0 aromatic heterocycles. The lowest BCUT2D eigenvalue weighted by Gasteiger charge is -2.06. The monoisotopic (exact) mass is 254 g/mol. The topological polar surface area (TPSA) is 38.0 Å². The van der Waals surface area contributed by atoms with Gasteiger partial charge in [0.15, 0.2) is 0 Å². The summed E-state index contributed by atoms with van der Waals surface area (Å²) in [6, 6.07) is 19.2. The summed E-state index contributed by atoms with van der Waals surface area (Å²) in [6.45, 7) is 2.75. The van der Waals surface area contributed by atoms with E-state index >= 15 is 0 Å². The lowest BCUT2D eigenvalue weighted by molar-refractivity contribution is 0.627. The van der Waals surface area contributed by atoms with Gasteiger partial charge in [0.05, 0.1) is 0 Å². The van der Waals surface area contributed by atoms with Crippen LogP contribution in [0.4, 0.5) is 0 Å². The first-order valence-corrected chi connectivity index (χ1v) is 6.95. The molecule has 2 rings (SSSR count). The molecule has 0 saturated carbocycles. The Morgan fingerprint density at radius 2 is 1.47 bits per heavy atom. The molecule has 0 aliphatic rings. The van der Waals surface area contributed by atoms with Gasteiger partial charge in [-0.25, -0.2) is 0 Å². The minimum absolute atomic E-state index is 0.785. The molecule has 0 heterocycles. The van der Waals surface area contributed by atoms with Crippen LogP contribution in [-0.2, 0) is 6.54 Å². The van der Waals surface area contributed by atoms with Crippen molar-refractivity contribution in [3.8, 4) is 11.1 Å². The Kier molecular flexibility index (Phi) is 5.60. The predicted octanol–water partition coefficient (Wildman–Crippen LogP) is 3.18. The molecule has 2 nitrogen and oxygen atoms in total. The summed E-state index contributed by atoms with van der Waals surface area (Å²) < 4.78 is 0. The second kappa shape index (κ2) is 7.72. The first-order valence-electron chi connectivity index (χ1n) is 6.95. The van der Waals surface area contributed by atoms with Gasteiger partial charge in [0.25, 0.3) is 0 Å². The Balaban J connectivity index is 1.85. The quantitative estimate of drug-likeness (QED) is 0.745. The SMILES string of the molecule is NCCCCNCc1ccc(-c2ccccc2)cc1. The molecule has 0 spiro atoms. The predicted molar refractivity (Wildman–Crippen MR) is 81.9 cm³/mol. The fraction of sp³-hybridized carbons (Fsp3) is 0.294.